The maximum absolute atomic E-state index is 13.0. The number of halogens is 2. The highest BCUT2D eigenvalue weighted by molar-refractivity contribution is 7.89. The number of sulfonamides is 1. The molecular formula is C18H19ClFN3O3S. The van der Waals surface area contributed by atoms with E-state index >= 15 is 0 Å². The standard InChI is InChI=1S/C18H19ClFN3O3S/c19-13-2-1-3-16(12-13)21-18(24)23-10-8-15(9-11-23)22-27(25,26)17-6-4-14(20)5-7-17/h1-7,12,15,22H,8-11H2,(H,21,24). The van der Waals surface area contributed by atoms with E-state index in [4.69, 9.17) is 11.6 Å². The molecule has 1 heterocycles. The van der Waals surface area contributed by atoms with Crippen molar-refractivity contribution in [3.63, 3.8) is 0 Å². The van der Waals surface area contributed by atoms with Gasteiger partial charge in [0.15, 0.2) is 0 Å². The number of carbonyl (C=O) groups excluding carboxylic acids is 1. The zero-order valence-electron chi connectivity index (χ0n) is 14.4. The molecule has 2 amide bonds. The van der Waals surface area contributed by atoms with Gasteiger partial charge in [0.2, 0.25) is 10.0 Å². The van der Waals surface area contributed by atoms with Crippen LogP contribution >= 0.6 is 11.6 Å². The third-order valence-corrected chi connectivity index (χ3v) is 6.08. The molecule has 3 rings (SSSR count). The molecular weight excluding hydrogens is 393 g/mol. The zero-order chi connectivity index (χ0) is 19.4. The van der Waals surface area contributed by atoms with Gasteiger partial charge in [-0.3, -0.25) is 0 Å². The van der Waals surface area contributed by atoms with Crippen LogP contribution in [0.2, 0.25) is 5.02 Å². The van der Waals surface area contributed by atoms with Gasteiger partial charge >= 0.3 is 6.03 Å². The van der Waals surface area contributed by atoms with Crippen LogP contribution in [0.1, 0.15) is 12.8 Å². The second kappa shape index (κ2) is 8.24. The lowest BCUT2D eigenvalue weighted by atomic mass is 10.1. The number of benzene rings is 2. The summed E-state index contributed by atoms with van der Waals surface area (Å²) in [5, 5.41) is 3.30. The Balaban J connectivity index is 1.54. The first-order valence-electron chi connectivity index (χ1n) is 8.43. The molecule has 0 atom stereocenters. The summed E-state index contributed by atoms with van der Waals surface area (Å²) >= 11 is 5.90. The smallest absolute Gasteiger partial charge is 0.321 e. The average Bonchev–Trinajstić information content (AvgIpc) is 2.62. The average molecular weight is 412 g/mol. The normalized spacial score (nSPS) is 15.6. The molecule has 1 saturated heterocycles. The fourth-order valence-corrected chi connectivity index (χ4v) is 4.37. The summed E-state index contributed by atoms with van der Waals surface area (Å²) in [5.74, 6) is -0.493. The number of piperidine rings is 1. The molecule has 0 aromatic heterocycles. The van der Waals surface area contributed by atoms with Crippen LogP contribution in [-0.4, -0.2) is 38.5 Å². The van der Waals surface area contributed by atoms with Gasteiger partial charge in [0.25, 0.3) is 0 Å². The fourth-order valence-electron chi connectivity index (χ4n) is 2.87. The Morgan fingerprint density at radius 2 is 1.78 bits per heavy atom. The number of nitrogens with one attached hydrogen (secondary N) is 2. The third-order valence-electron chi connectivity index (χ3n) is 4.30. The minimum absolute atomic E-state index is 0.0185. The van der Waals surface area contributed by atoms with Crippen LogP contribution in [0.4, 0.5) is 14.9 Å². The zero-order valence-corrected chi connectivity index (χ0v) is 15.9. The molecule has 0 saturated carbocycles. The maximum atomic E-state index is 13.0. The van der Waals surface area contributed by atoms with Crippen molar-refractivity contribution in [2.24, 2.45) is 0 Å². The molecule has 1 aliphatic heterocycles. The van der Waals surface area contributed by atoms with E-state index in [-0.39, 0.29) is 17.0 Å². The molecule has 2 aromatic rings. The summed E-state index contributed by atoms with van der Waals surface area (Å²) in [5.41, 5.74) is 0.603. The number of likely N-dealkylation sites (tertiary alicyclic amines) is 1. The monoisotopic (exact) mass is 411 g/mol. The second-order valence-electron chi connectivity index (χ2n) is 6.28. The molecule has 2 aromatic carbocycles. The van der Waals surface area contributed by atoms with Gasteiger partial charge in [0.1, 0.15) is 5.82 Å². The van der Waals surface area contributed by atoms with E-state index in [0.29, 0.717) is 36.6 Å². The van der Waals surface area contributed by atoms with E-state index in [2.05, 4.69) is 10.0 Å². The van der Waals surface area contributed by atoms with Crippen molar-refractivity contribution < 1.29 is 17.6 Å². The van der Waals surface area contributed by atoms with Crippen molar-refractivity contribution >= 4 is 33.3 Å². The minimum atomic E-state index is -3.72. The highest BCUT2D eigenvalue weighted by Gasteiger charge is 2.26. The van der Waals surface area contributed by atoms with Gasteiger partial charge in [-0.1, -0.05) is 17.7 Å². The SMILES string of the molecule is O=C(Nc1cccc(Cl)c1)N1CCC(NS(=O)(=O)c2ccc(F)cc2)CC1. The first-order valence-corrected chi connectivity index (χ1v) is 10.3. The van der Waals surface area contributed by atoms with Crippen molar-refractivity contribution in [2.75, 3.05) is 18.4 Å². The number of carbonyl (C=O) groups is 1. The van der Waals surface area contributed by atoms with Gasteiger partial charge in [-0.25, -0.2) is 22.3 Å². The molecule has 0 spiro atoms. The molecule has 6 nitrogen and oxygen atoms in total. The van der Waals surface area contributed by atoms with Crippen LogP contribution < -0.4 is 10.0 Å². The number of hydrogen-bond donors (Lipinski definition) is 2. The minimum Gasteiger partial charge on any atom is -0.324 e. The number of rotatable bonds is 4. The van der Waals surface area contributed by atoms with Gasteiger partial charge in [-0.05, 0) is 55.3 Å². The number of amides is 2. The third kappa shape index (κ3) is 5.18. The Morgan fingerprint density at radius 3 is 2.41 bits per heavy atom. The fraction of sp³-hybridized carbons (Fsp3) is 0.278. The number of urea groups is 1. The Kier molecular flexibility index (Phi) is 5.98. The Hall–Kier alpha value is -2.16. The van der Waals surface area contributed by atoms with E-state index in [1.54, 1.807) is 29.2 Å². The predicted molar refractivity (Wildman–Crippen MR) is 102 cm³/mol. The highest BCUT2D eigenvalue weighted by Crippen LogP contribution is 2.18. The summed E-state index contributed by atoms with van der Waals surface area (Å²) < 4.78 is 40.3. The Labute approximate surface area is 162 Å². The predicted octanol–water partition coefficient (Wildman–Crippen LogP) is 3.45. The van der Waals surface area contributed by atoms with Crippen molar-refractivity contribution in [2.45, 2.75) is 23.8 Å². The van der Waals surface area contributed by atoms with Crippen LogP contribution in [0.3, 0.4) is 0 Å². The van der Waals surface area contributed by atoms with E-state index in [1.165, 1.54) is 12.1 Å². The quantitative estimate of drug-likeness (QED) is 0.808. The van der Waals surface area contributed by atoms with Gasteiger partial charge in [0, 0.05) is 29.8 Å². The van der Waals surface area contributed by atoms with Gasteiger partial charge in [-0.2, -0.15) is 0 Å². The summed E-state index contributed by atoms with van der Waals surface area (Å²) in [6.07, 6.45) is 0.979. The summed E-state index contributed by atoms with van der Waals surface area (Å²) in [4.78, 5) is 14.0. The van der Waals surface area contributed by atoms with Crippen molar-refractivity contribution in [1.82, 2.24) is 9.62 Å². The molecule has 0 unspecified atom stereocenters. The molecule has 27 heavy (non-hydrogen) atoms. The molecule has 0 radical (unpaired) electrons. The van der Waals surface area contributed by atoms with Crippen LogP contribution in [0.25, 0.3) is 0 Å². The Morgan fingerprint density at radius 1 is 1.11 bits per heavy atom. The number of hydrogen-bond acceptors (Lipinski definition) is 3. The van der Waals surface area contributed by atoms with E-state index in [9.17, 15) is 17.6 Å². The molecule has 0 aliphatic carbocycles. The molecule has 9 heteroatoms. The van der Waals surface area contributed by atoms with E-state index in [1.807, 2.05) is 0 Å². The molecule has 144 valence electrons. The number of nitrogens with zero attached hydrogens (tertiary/aromatic N) is 1. The summed E-state index contributed by atoms with van der Waals surface area (Å²) in [6, 6.07) is 11.0. The van der Waals surface area contributed by atoms with Gasteiger partial charge in [0.05, 0.1) is 4.90 Å². The Bertz CT molecular complexity index is 914. The lowest BCUT2D eigenvalue weighted by Crippen LogP contribution is -2.47. The molecule has 1 fully saturated rings. The molecule has 2 N–H and O–H groups in total. The second-order valence-corrected chi connectivity index (χ2v) is 8.43. The van der Waals surface area contributed by atoms with Crippen molar-refractivity contribution in [3.05, 3.63) is 59.4 Å². The van der Waals surface area contributed by atoms with E-state index in [0.717, 1.165) is 12.1 Å². The first kappa shape index (κ1) is 19.6. The number of anilines is 1. The van der Waals surface area contributed by atoms with Crippen LogP contribution in [-0.2, 0) is 10.0 Å². The van der Waals surface area contributed by atoms with Crippen LogP contribution in [0.15, 0.2) is 53.4 Å². The van der Waals surface area contributed by atoms with E-state index < -0.39 is 15.8 Å². The first-order chi connectivity index (χ1) is 12.8. The van der Waals surface area contributed by atoms with Crippen molar-refractivity contribution in [3.8, 4) is 0 Å². The molecule has 1 aliphatic rings. The van der Waals surface area contributed by atoms with Gasteiger partial charge in [-0.15, -0.1) is 0 Å². The maximum Gasteiger partial charge on any atom is 0.321 e. The summed E-state index contributed by atoms with van der Waals surface area (Å²) in [6.45, 7) is 0.839. The summed E-state index contributed by atoms with van der Waals surface area (Å²) in [7, 11) is -3.72. The lowest BCUT2D eigenvalue weighted by Gasteiger charge is -2.32. The lowest BCUT2D eigenvalue weighted by molar-refractivity contribution is 0.193. The highest BCUT2D eigenvalue weighted by atomic mass is 35.5. The topological polar surface area (TPSA) is 78.5 Å². The van der Waals surface area contributed by atoms with Crippen LogP contribution in [0.5, 0.6) is 0 Å². The van der Waals surface area contributed by atoms with Gasteiger partial charge < -0.3 is 10.2 Å². The van der Waals surface area contributed by atoms with Crippen molar-refractivity contribution in [1.29, 1.82) is 0 Å². The van der Waals surface area contributed by atoms with Crippen LogP contribution in [0, 0.1) is 5.82 Å². The molecule has 0 bridgehead atoms. The largest absolute Gasteiger partial charge is 0.324 e.